The minimum Gasteiger partial charge on any atom is -0.384 e. The summed E-state index contributed by atoms with van der Waals surface area (Å²) in [5.74, 6) is 0. The molecule has 1 atom stereocenters. The average molecular weight is 136 g/mol. The Balaban J connectivity index is 2.22. The third-order valence-electron chi connectivity index (χ3n) is 2.12. The third-order valence-corrected chi connectivity index (χ3v) is 2.12. The topological polar surface area (TPSA) is 24.4 Å². The Kier molecular flexibility index (Phi) is 1.26. The molecule has 0 aliphatic carbocycles. The first-order valence-corrected chi connectivity index (χ1v) is 3.85. The van der Waals surface area contributed by atoms with Crippen LogP contribution in [0.1, 0.15) is 19.8 Å². The Labute approximate surface area is 61.0 Å². The standard InChI is InChI=1S/C8H12N2/c1-6-4-7-2-3-9-8(7)5-10-6/h5-6,9H,2-4H2,1H3. The molecule has 0 aromatic heterocycles. The molecule has 10 heavy (non-hydrogen) atoms. The van der Waals surface area contributed by atoms with Gasteiger partial charge in [0.15, 0.2) is 0 Å². The highest BCUT2D eigenvalue weighted by atomic mass is 14.9. The van der Waals surface area contributed by atoms with Gasteiger partial charge < -0.3 is 5.32 Å². The van der Waals surface area contributed by atoms with Crippen molar-refractivity contribution in [2.45, 2.75) is 25.8 Å². The maximum absolute atomic E-state index is 4.33. The van der Waals surface area contributed by atoms with E-state index < -0.39 is 0 Å². The quantitative estimate of drug-likeness (QED) is 0.529. The first kappa shape index (κ1) is 5.96. The molecule has 0 bridgehead atoms. The van der Waals surface area contributed by atoms with E-state index in [-0.39, 0.29) is 0 Å². The average Bonchev–Trinajstić information content (AvgIpc) is 2.33. The van der Waals surface area contributed by atoms with Crippen molar-refractivity contribution >= 4 is 6.21 Å². The number of nitrogens with zero attached hydrogens (tertiary/aromatic N) is 1. The predicted octanol–water partition coefficient (Wildman–Crippen LogP) is 1.10. The summed E-state index contributed by atoms with van der Waals surface area (Å²) in [6.45, 7) is 3.28. The van der Waals surface area contributed by atoms with E-state index in [0.717, 1.165) is 6.54 Å². The molecule has 0 fully saturated rings. The molecule has 0 radical (unpaired) electrons. The lowest BCUT2D eigenvalue weighted by molar-refractivity contribution is 0.714. The Hall–Kier alpha value is -0.790. The van der Waals surface area contributed by atoms with E-state index in [2.05, 4.69) is 17.2 Å². The van der Waals surface area contributed by atoms with Crippen LogP contribution in [0.2, 0.25) is 0 Å². The molecule has 1 N–H and O–H groups in total. The van der Waals surface area contributed by atoms with Gasteiger partial charge in [0.1, 0.15) is 0 Å². The van der Waals surface area contributed by atoms with Crippen LogP contribution < -0.4 is 5.32 Å². The van der Waals surface area contributed by atoms with Crippen LogP contribution in [0.25, 0.3) is 0 Å². The first-order valence-electron chi connectivity index (χ1n) is 3.85. The van der Waals surface area contributed by atoms with Crippen LogP contribution in [-0.2, 0) is 0 Å². The fourth-order valence-corrected chi connectivity index (χ4v) is 1.57. The Morgan fingerprint density at radius 2 is 2.60 bits per heavy atom. The Morgan fingerprint density at radius 1 is 1.70 bits per heavy atom. The lowest BCUT2D eigenvalue weighted by Crippen LogP contribution is -2.13. The highest BCUT2D eigenvalue weighted by Gasteiger charge is 2.17. The van der Waals surface area contributed by atoms with Crippen molar-refractivity contribution in [2.75, 3.05) is 6.54 Å². The lowest BCUT2D eigenvalue weighted by Gasteiger charge is -2.12. The smallest absolute Gasteiger partial charge is 0.0515 e. The first-order chi connectivity index (χ1) is 4.86. The summed E-state index contributed by atoms with van der Waals surface area (Å²) >= 11 is 0. The molecule has 0 saturated heterocycles. The van der Waals surface area contributed by atoms with E-state index in [4.69, 9.17) is 0 Å². The number of aliphatic imine (C=N–C) groups is 1. The molecule has 1 unspecified atom stereocenters. The molecule has 54 valence electrons. The number of allylic oxidation sites excluding steroid dienone is 1. The zero-order valence-corrected chi connectivity index (χ0v) is 6.22. The zero-order valence-electron chi connectivity index (χ0n) is 6.22. The van der Waals surface area contributed by atoms with Crippen LogP contribution in [0.4, 0.5) is 0 Å². The van der Waals surface area contributed by atoms with Crippen molar-refractivity contribution in [1.29, 1.82) is 0 Å². The summed E-state index contributed by atoms with van der Waals surface area (Å²) in [6, 6.07) is 0.513. The Morgan fingerprint density at radius 3 is 3.50 bits per heavy atom. The van der Waals surface area contributed by atoms with Crippen molar-refractivity contribution in [3.8, 4) is 0 Å². The fourth-order valence-electron chi connectivity index (χ4n) is 1.57. The molecular weight excluding hydrogens is 124 g/mol. The van der Waals surface area contributed by atoms with Gasteiger partial charge in [0.05, 0.1) is 11.7 Å². The number of hydrogen-bond acceptors (Lipinski definition) is 2. The van der Waals surface area contributed by atoms with Gasteiger partial charge in [-0.25, -0.2) is 0 Å². The zero-order chi connectivity index (χ0) is 6.97. The highest BCUT2D eigenvalue weighted by molar-refractivity contribution is 5.80. The third kappa shape index (κ3) is 0.838. The van der Waals surface area contributed by atoms with Crippen LogP contribution in [0.3, 0.4) is 0 Å². The number of nitrogens with one attached hydrogen (secondary N) is 1. The van der Waals surface area contributed by atoms with E-state index in [1.165, 1.54) is 18.5 Å². The van der Waals surface area contributed by atoms with E-state index in [0.29, 0.717) is 6.04 Å². The predicted molar refractivity (Wildman–Crippen MR) is 42.2 cm³/mol. The van der Waals surface area contributed by atoms with Crippen LogP contribution in [0.15, 0.2) is 16.3 Å². The van der Waals surface area contributed by atoms with Crippen molar-refractivity contribution in [3.05, 3.63) is 11.3 Å². The van der Waals surface area contributed by atoms with Gasteiger partial charge in [0.2, 0.25) is 0 Å². The largest absolute Gasteiger partial charge is 0.384 e. The van der Waals surface area contributed by atoms with Gasteiger partial charge >= 0.3 is 0 Å². The summed E-state index contributed by atoms with van der Waals surface area (Å²) in [7, 11) is 0. The summed E-state index contributed by atoms with van der Waals surface area (Å²) in [5.41, 5.74) is 2.86. The van der Waals surface area contributed by atoms with Gasteiger partial charge in [-0.2, -0.15) is 0 Å². The number of rotatable bonds is 0. The number of hydrogen-bond donors (Lipinski definition) is 1. The van der Waals surface area contributed by atoms with E-state index in [9.17, 15) is 0 Å². The van der Waals surface area contributed by atoms with Crippen molar-refractivity contribution in [1.82, 2.24) is 5.32 Å². The second-order valence-corrected chi connectivity index (χ2v) is 3.03. The molecule has 2 heteroatoms. The molecule has 2 rings (SSSR count). The van der Waals surface area contributed by atoms with Crippen molar-refractivity contribution < 1.29 is 0 Å². The fraction of sp³-hybridized carbons (Fsp3) is 0.625. The van der Waals surface area contributed by atoms with Crippen LogP contribution in [-0.4, -0.2) is 18.8 Å². The monoisotopic (exact) mass is 136 g/mol. The van der Waals surface area contributed by atoms with Gasteiger partial charge in [-0.15, -0.1) is 0 Å². The van der Waals surface area contributed by atoms with Gasteiger partial charge in [-0.05, 0) is 25.3 Å². The summed E-state index contributed by atoms with van der Waals surface area (Å²) in [5, 5.41) is 3.31. The van der Waals surface area contributed by atoms with Crippen LogP contribution in [0.5, 0.6) is 0 Å². The van der Waals surface area contributed by atoms with Crippen LogP contribution >= 0.6 is 0 Å². The molecule has 2 aliphatic rings. The molecule has 2 heterocycles. The maximum atomic E-state index is 4.33. The molecule has 2 aliphatic heterocycles. The van der Waals surface area contributed by atoms with Gasteiger partial charge in [0, 0.05) is 12.8 Å². The van der Waals surface area contributed by atoms with Crippen molar-refractivity contribution in [2.24, 2.45) is 4.99 Å². The van der Waals surface area contributed by atoms with Crippen LogP contribution in [0, 0.1) is 0 Å². The minimum absolute atomic E-state index is 0.513. The van der Waals surface area contributed by atoms with E-state index in [1.807, 2.05) is 6.21 Å². The number of dihydropyridines is 1. The molecule has 0 spiro atoms. The van der Waals surface area contributed by atoms with Gasteiger partial charge in [0.25, 0.3) is 0 Å². The van der Waals surface area contributed by atoms with Crippen molar-refractivity contribution in [3.63, 3.8) is 0 Å². The lowest BCUT2D eigenvalue weighted by atomic mass is 10.0. The van der Waals surface area contributed by atoms with E-state index in [1.54, 1.807) is 5.57 Å². The van der Waals surface area contributed by atoms with Gasteiger partial charge in [-0.1, -0.05) is 0 Å². The maximum Gasteiger partial charge on any atom is 0.0515 e. The normalized spacial score (nSPS) is 30.3. The highest BCUT2D eigenvalue weighted by Crippen LogP contribution is 2.22. The molecule has 0 aromatic carbocycles. The summed E-state index contributed by atoms with van der Waals surface area (Å²) in [6.07, 6.45) is 4.38. The SMILES string of the molecule is CC1CC2=C(C=N1)NCC2. The molecule has 0 saturated carbocycles. The molecular formula is C8H12N2. The van der Waals surface area contributed by atoms with Gasteiger partial charge in [-0.3, -0.25) is 4.99 Å². The second-order valence-electron chi connectivity index (χ2n) is 3.03. The van der Waals surface area contributed by atoms with E-state index >= 15 is 0 Å². The summed E-state index contributed by atoms with van der Waals surface area (Å²) < 4.78 is 0. The minimum atomic E-state index is 0.513. The molecule has 0 aromatic rings. The summed E-state index contributed by atoms with van der Waals surface area (Å²) in [4.78, 5) is 4.33. The molecule has 0 amide bonds. The molecule has 2 nitrogen and oxygen atoms in total. The Bertz CT molecular complexity index is 203. The second kappa shape index (κ2) is 2.11.